The van der Waals surface area contributed by atoms with E-state index in [1.54, 1.807) is 18.4 Å². The Bertz CT molecular complexity index is 553. The number of carbonyl (C=O) groups is 1. The van der Waals surface area contributed by atoms with Crippen LogP contribution in [0.4, 0.5) is 4.79 Å². The summed E-state index contributed by atoms with van der Waals surface area (Å²) in [6.45, 7) is 3.02. The number of hydrogen-bond donors (Lipinski definition) is 2. The van der Waals surface area contributed by atoms with Gasteiger partial charge in [0.05, 0.1) is 12.6 Å². The molecule has 0 aliphatic heterocycles. The normalized spacial score (nSPS) is 12.3. The zero-order valence-electron chi connectivity index (χ0n) is 11.1. The third kappa shape index (κ3) is 3.45. The monoisotopic (exact) mass is 278 g/mol. The van der Waals surface area contributed by atoms with Crippen LogP contribution in [-0.4, -0.2) is 26.3 Å². The summed E-state index contributed by atoms with van der Waals surface area (Å²) in [5.41, 5.74) is 1.16. The van der Waals surface area contributed by atoms with Crippen LogP contribution in [0.3, 0.4) is 0 Å². The molecule has 1 aromatic carbocycles. The van der Waals surface area contributed by atoms with Crippen molar-refractivity contribution in [3.63, 3.8) is 0 Å². The van der Waals surface area contributed by atoms with Crippen LogP contribution in [0.2, 0.25) is 0 Å². The molecule has 0 spiro atoms. The lowest BCUT2D eigenvalue weighted by Crippen LogP contribution is -2.38. The van der Waals surface area contributed by atoms with E-state index in [4.69, 9.17) is 4.74 Å². The fourth-order valence-corrected chi connectivity index (χ4v) is 2.98. The summed E-state index contributed by atoms with van der Waals surface area (Å²) in [5.74, 6) is 0. The molecule has 102 valence electrons. The molecule has 2 aromatic rings. The van der Waals surface area contributed by atoms with Crippen LogP contribution >= 0.6 is 11.3 Å². The highest BCUT2D eigenvalue weighted by Gasteiger charge is 2.13. The molecule has 4 nitrogen and oxygen atoms in total. The number of nitrogens with one attached hydrogen (secondary N) is 2. The standard InChI is InChI=1S/C14H18N2O2S/c1-10(16-14(17)15-7-8-18-2)12-9-19-13-6-4-3-5-11(12)13/h3-6,9-10H,7-8H2,1-2H3,(H2,15,16,17)/t10-/m1/s1. The summed E-state index contributed by atoms with van der Waals surface area (Å²) in [5, 5.41) is 8.99. The fraction of sp³-hybridized carbons (Fsp3) is 0.357. The highest BCUT2D eigenvalue weighted by atomic mass is 32.1. The molecule has 0 saturated carbocycles. The minimum absolute atomic E-state index is 0.0151. The number of fused-ring (bicyclic) bond motifs is 1. The fourth-order valence-electron chi connectivity index (χ4n) is 1.93. The molecule has 19 heavy (non-hydrogen) atoms. The van der Waals surface area contributed by atoms with Gasteiger partial charge < -0.3 is 15.4 Å². The number of benzene rings is 1. The zero-order valence-corrected chi connectivity index (χ0v) is 11.9. The van der Waals surface area contributed by atoms with Gasteiger partial charge in [-0.2, -0.15) is 0 Å². The Kier molecular flexibility index (Phi) is 4.76. The molecule has 0 aliphatic rings. The van der Waals surface area contributed by atoms with Crippen LogP contribution in [0.1, 0.15) is 18.5 Å². The van der Waals surface area contributed by atoms with Crippen molar-refractivity contribution in [3.8, 4) is 0 Å². The topological polar surface area (TPSA) is 50.4 Å². The number of ether oxygens (including phenoxy) is 1. The quantitative estimate of drug-likeness (QED) is 0.826. The van der Waals surface area contributed by atoms with Crippen LogP contribution in [-0.2, 0) is 4.74 Å². The van der Waals surface area contributed by atoms with E-state index in [0.717, 1.165) is 5.56 Å². The summed E-state index contributed by atoms with van der Waals surface area (Å²) in [7, 11) is 1.61. The smallest absolute Gasteiger partial charge is 0.315 e. The first kappa shape index (κ1) is 13.8. The van der Waals surface area contributed by atoms with Gasteiger partial charge in [-0.3, -0.25) is 0 Å². The molecule has 0 radical (unpaired) electrons. The molecule has 1 atom stereocenters. The molecule has 0 bridgehead atoms. The van der Waals surface area contributed by atoms with Crippen molar-refractivity contribution >= 4 is 27.5 Å². The van der Waals surface area contributed by atoms with Gasteiger partial charge in [0.25, 0.3) is 0 Å². The molecule has 0 unspecified atom stereocenters. The Morgan fingerprint density at radius 2 is 2.21 bits per heavy atom. The number of thiophene rings is 1. The Morgan fingerprint density at radius 1 is 1.42 bits per heavy atom. The number of urea groups is 1. The van der Waals surface area contributed by atoms with Crippen LogP contribution < -0.4 is 10.6 Å². The second-order valence-electron chi connectivity index (χ2n) is 4.30. The maximum Gasteiger partial charge on any atom is 0.315 e. The number of rotatable bonds is 5. The van der Waals surface area contributed by atoms with Crippen LogP contribution in [0.25, 0.3) is 10.1 Å². The van der Waals surface area contributed by atoms with Crippen LogP contribution in [0, 0.1) is 0 Å². The van der Waals surface area contributed by atoms with E-state index in [0.29, 0.717) is 13.2 Å². The predicted molar refractivity (Wildman–Crippen MR) is 78.7 cm³/mol. The molecule has 1 aromatic heterocycles. The second-order valence-corrected chi connectivity index (χ2v) is 5.21. The SMILES string of the molecule is COCCNC(=O)N[C@H](C)c1csc2ccccc12. The number of hydrogen-bond acceptors (Lipinski definition) is 3. The number of carbonyl (C=O) groups excluding carboxylic acids is 1. The summed E-state index contributed by atoms with van der Waals surface area (Å²) >= 11 is 1.70. The lowest BCUT2D eigenvalue weighted by molar-refractivity contribution is 0.195. The molecular weight excluding hydrogens is 260 g/mol. The van der Waals surface area contributed by atoms with Gasteiger partial charge >= 0.3 is 6.03 Å². The number of amides is 2. The third-order valence-corrected chi connectivity index (χ3v) is 3.90. The zero-order chi connectivity index (χ0) is 13.7. The van der Waals surface area contributed by atoms with Gasteiger partial charge in [0, 0.05) is 18.4 Å². The molecule has 2 rings (SSSR count). The average molecular weight is 278 g/mol. The third-order valence-electron chi connectivity index (χ3n) is 2.92. The minimum Gasteiger partial charge on any atom is -0.383 e. The summed E-state index contributed by atoms with van der Waals surface area (Å²) in [4.78, 5) is 11.7. The lowest BCUT2D eigenvalue weighted by atomic mass is 10.1. The number of methoxy groups -OCH3 is 1. The summed E-state index contributed by atoms with van der Waals surface area (Å²) in [6.07, 6.45) is 0. The molecule has 2 N–H and O–H groups in total. The maximum absolute atomic E-state index is 11.7. The van der Waals surface area contributed by atoms with E-state index < -0.39 is 0 Å². The van der Waals surface area contributed by atoms with Crippen molar-refractivity contribution in [2.24, 2.45) is 0 Å². The Morgan fingerprint density at radius 3 is 3.00 bits per heavy atom. The van der Waals surface area contributed by atoms with Crippen molar-refractivity contribution in [1.82, 2.24) is 10.6 Å². The lowest BCUT2D eigenvalue weighted by Gasteiger charge is -2.14. The first-order valence-electron chi connectivity index (χ1n) is 6.22. The van der Waals surface area contributed by atoms with Crippen molar-refractivity contribution in [1.29, 1.82) is 0 Å². The highest BCUT2D eigenvalue weighted by molar-refractivity contribution is 7.17. The van der Waals surface area contributed by atoms with E-state index >= 15 is 0 Å². The van der Waals surface area contributed by atoms with Crippen molar-refractivity contribution < 1.29 is 9.53 Å². The van der Waals surface area contributed by atoms with Crippen LogP contribution in [0.15, 0.2) is 29.6 Å². The molecule has 1 heterocycles. The summed E-state index contributed by atoms with van der Waals surface area (Å²) < 4.78 is 6.13. The van der Waals surface area contributed by atoms with Crippen molar-refractivity contribution in [3.05, 3.63) is 35.2 Å². The molecule has 2 amide bonds. The van der Waals surface area contributed by atoms with Crippen molar-refractivity contribution in [2.75, 3.05) is 20.3 Å². The molecular formula is C14H18N2O2S. The molecule has 0 aliphatic carbocycles. The van der Waals surface area contributed by atoms with Gasteiger partial charge in [-0.1, -0.05) is 18.2 Å². The van der Waals surface area contributed by atoms with Gasteiger partial charge in [0.1, 0.15) is 0 Å². The Hall–Kier alpha value is -1.59. The Balaban J connectivity index is 1.99. The first-order valence-corrected chi connectivity index (χ1v) is 7.09. The van der Waals surface area contributed by atoms with E-state index in [2.05, 4.69) is 28.1 Å². The van der Waals surface area contributed by atoms with E-state index in [9.17, 15) is 4.79 Å². The van der Waals surface area contributed by atoms with Gasteiger partial charge in [0.15, 0.2) is 0 Å². The first-order chi connectivity index (χ1) is 9.22. The van der Waals surface area contributed by atoms with Crippen LogP contribution in [0.5, 0.6) is 0 Å². The highest BCUT2D eigenvalue weighted by Crippen LogP contribution is 2.29. The summed E-state index contributed by atoms with van der Waals surface area (Å²) in [6, 6.07) is 8.04. The van der Waals surface area contributed by atoms with Crippen molar-refractivity contribution in [2.45, 2.75) is 13.0 Å². The maximum atomic E-state index is 11.7. The van der Waals surface area contributed by atoms with E-state index in [-0.39, 0.29) is 12.1 Å². The van der Waals surface area contributed by atoms with Gasteiger partial charge in [0.2, 0.25) is 0 Å². The van der Waals surface area contributed by atoms with Gasteiger partial charge in [-0.15, -0.1) is 11.3 Å². The molecule has 0 fully saturated rings. The van der Waals surface area contributed by atoms with E-state index in [1.807, 2.05) is 19.1 Å². The molecule has 5 heteroatoms. The predicted octanol–water partition coefficient (Wildman–Crippen LogP) is 2.91. The average Bonchev–Trinajstić information content (AvgIpc) is 2.83. The van der Waals surface area contributed by atoms with Gasteiger partial charge in [-0.25, -0.2) is 4.79 Å². The van der Waals surface area contributed by atoms with E-state index in [1.165, 1.54) is 10.1 Å². The van der Waals surface area contributed by atoms with Gasteiger partial charge in [-0.05, 0) is 29.3 Å². The largest absolute Gasteiger partial charge is 0.383 e. The second kappa shape index (κ2) is 6.54. The Labute approximate surface area is 116 Å². The molecule has 0 saturated heterocycles. The minimum atomic E-state index is -0.167.